The van der Waals surface area contributed by atoms with E-state index >= 15 is 0 Å². The van der Waals surface area contributed by atoms with E-state index in [-0.39, 0.29) is 11.9 Å². The van der Waals surface area contributed by atoms with Crippen LogP contribution in [-0.2, 0) is 14.3 Å². The van der Waals surface area contributed by atoms with Gasteiger partial charge in [0.15, 0.2) is 0 Å². The van der Waals surface area contributed by atoms with Gasteiger partial charge in [0.05, 0.1) is 0 Å². The number of hydrogen-bond donors (Lipinski definition) is 1. The van der Waals surface area contributed by atoms with Crippen LogP contribution in [-0.4, -0.2) is 29.3 Å². The number of esters is 1. The minimum Gasteiger partial charge on any atom is -0.453 e. The van der Waals surface area contributed by atoms with Crippen molar-refractivity contribution in [2.45, 2.75) is 57.8 Å². The summed E-state index contributed by atoms with van der Waals surface area (Å²) < 4.78 is 10.6. The largest absolute Gasteiger partial charge is 0.453 e. The number of fused-ring (bicyclic) bond motifs is 1. The van der Waals surface area contributed by atoms with Gasteiger partial charge in [-0.1, -0.05) is 6.08 Å². The maximum absolute atomic E-state index is 11.9. The van der Waals surface area contributed by atoms with Crippen LogP contribution in [0.1, 0.15) is 40.5 Å². The molecule has 106 valence electrons. The van der Waals surface area contributed by atoms with E-state index in [2.05, 4.69) is 5.32 Å². The average molecular weight is 267 g/mol. The molecule has 0 aromatic rings. The molecule has 2 aliphatic rings. The molecule has 1 fully saturated rings. The molecule has 0 spiro atoms. The number of amides is 1. The topological polar surface area (TPSA) is 64.6 Å². The number of carbonyl (C=O) groups excluding carboxylic acids is 2. The Morgan fingerprint density at radius 3 is 2.84 bits per heavy atom. The van der Waals surface area contributed by atoms with Crippen molar-refractivity contribution < 1.29 is 19.1 Å². The van der Waals surface area contributed by atoms with Crippen LogP contribution in [0.3, 0.4) is 0 Å². The molecular weight excluding hydrogens is 246 g/mol. The Bertz CT molecular complexity index is 424. The first-order chi connectivity index (χ1) is 8.71. The van der Waals surface area contributed by atoms with Crippen LogP contribution >= 0.6 is 0 Å². The van der Waals surface area contributed by atoms with Gasteiger partial charge in [0.2, 0.25) is 0 Å². The molecule has 0 saturated carbocycles. The Hall–Kier alpha value is -1.52. The third-order valence-electron chi connectivity index (χ3n) is 3.48. The van der Waals surface area contributed by atoms with Gasteiger partial charge in [0.1, 0.15) is 17.2 Å². The van der Waals surface area contributed by atoms with Crippen molar-refractivity contribution in [2.75, 3.05) is 0 Å². The predicted octanol–water partition coefficient (Wildman–Crippen LogP) is 2.16. The van der Waals surface area contributed by atoms with Crippen LogP contribution in [0.25, 0.3) is 0 Å². The monoisotopic (exact) mass is 267 g/mol. The highest BCUT2D eigenvalue weighted by atomic mass is 16.6. The summed E-state index contributed by atoms with van der Waals surface area (Å²) in [5.74, 6) is -0.414. The molecule has 1 aliphatic carbocycles. The van der Waals surface area contributed by atoms with Gasteiger partial charge in [-0.3, -0.25) is 0 Å². The van der Waals surface area contributed by atoms with Crippen LogP contribution < -0.4 is 5.32 Å². The number of carbonyl (C=O) groups is 2. The molecule has 0 aromatic carbocycles. The van der Waals surface area contributed by atoms with Crippen LogP contribution in [0.2, 0.25) is 0 Å². The lowest BCUT2D eigenvalue weighted by Crippen LogP contribution is -2.47. The van der Waals surface area contributed by atoms with Crippen molar-refractivity contribution in [3.05, 3.63) is 12.2 Å². The van der Waals surface area contributed by atoms with E-state index < -0.39 is 23.3 Å². The van der Waals surface area contributed by atoms with Crippen molar-refractivity contribution in [1.82, 2.24) is 5.32 Å². The summed E-state index contributed by atoms with van der Waals surface area (Å²) in [4.78, 5) is 23.7. The third kappa shape index (κ3) is 2.91. The second-order valence-corrected chi connectivity index (χ2v) is 6.32. The SMILES string of the molecule is CC(C)(C)OC(=O)NC1C(=O)OC2(C)C=CCCC12. The maximum Gasteiger partial charge on any atom is 0.408 e. The normalized spacial score (nSPS) is 33.6. The summed E-state index contributed by atoms with van der Waals surface area (Å²) in [7, 11) is 0. The fraction of sp³-hybridized carbons (Fsp3) is 0.714. The van der Waals surface area contributed by atoms with Crippen molar-refractivity contribution in [3.8, 4) is 0 Å². The predicted molar refractivity (Wildman–Crippen MR) is 69.5 cm³/mol. The summed E-state index contributed by atoms with van der Waals surface area (Å²) in [6, 6.07) is -0.621. The summed E-state index contributed by atoms with van der Waals surface area (Å²) >= 11 is 0. The minimum atomic E-state index is -0.621. The molecule has 0 radical (unpaired) electrons. The average Bonchev–Trinajstić information content (AvgIpc) is 2.47. The van der Waals surface area contributed by atoms with Gasteiger partial charge in [0.25, 0.3) is 0 Å². The maximum atomic E-state index is 11.9. The van der Waals surface area contributed by atoms with Gasteiger partial charge in [-0.05, 0) is 46.6 Å². The van der Waals surface area contributed by atoms with Gasteiger partial charge in [0, 0.05) is 5.92 Å². The van der Waals surface area contributed by atoms with E-state index in [4.69, 9.17) is 9.47 Å². The lowest BCUT2D eigenvalue weighted by Gasteiger charge is -2.31. The van der Waals surface area contributed by atoms with Gasteiger partial charge in [-0.25, -0.2) is 9.59 Å². The second kappa shape index (κ2) is 4.54. The molecule has 1 aliphatic heterocycles. The first-order valence-electron chi connectivity index (χ1n) is 6.61. The van der Waals surface area contributed by atoms with Gasteiger partial charge >= 0.3 is 12.1 Å². The Labute approximate surface area is 113 Å². The number of rotatable bonds is 1. The highest BCUT2D eigenvalue weighted by molar-refractivity contribution is 5.84. The molecule has 0 bridgehead atoms. The molecule has 5 heteroatoms. The fourth-order valence-electron chi connectivity index (χ4n) is 2.65. The molecule has 0 aromatic heterocycles. The van der Waals surface area contributed by atoms with Crippen LogP contribution in [0.4, 0.5) is 4.79 Å². The van der Waals surface area contributed by atoms with Crippen LogP contribution in [0.5, 0.6) is 0 Å². The highest BCUT2D eigenvalue weighted by Crippen LogP contribution is 2.40. The molecule has 1 heterocycles. The Balaban J connectivity index is 2.07. The lowest BCUT2D eigenvalue weighted by molar-refractivity contribution is -0.146. The van der Waals surface area contributed by atoms with E-state index in [1.165, 1.54) is 0 Å². The zero-order valence-electron chi connectivity index (χ0n) is 11.9. The minimum absolute atomic E-state index is 0.0301. The molecular formula is C14H21NO4. The summed E-state index contributed by atoms with van der Waals surface area (Å²) in [6.07, 6.45) is 5.06. The van der Waals surface area contributed by atoms with E-state index in [9.17, 15) is 9.59 Å². The van der Waals surface area contributed by atoms with E-state index in [1.807, 2.05) is 19.1 Å². The van der Waals surface area contributed by atoms with E-state index in [0.29, 0.717) is 0 Å². The zero-order valence-corrected chi connectivity index (χ0v) is 11.9. The molecule has 5 nitrogen and oxygen atoms in total. The smallest absolute Gasteiger partial charge is 0.408 e. The molecule has 2 rings (SSSR count). The zero-order chi connectivity index (χ0) is 14.3. The number of nitrogens with one attached hydrogen (secondary N) is 1. The first-order valence-corrected chi connectivity index (χ1v) is 6.61. The molecule has 1 saturated heterocycles. The Morgan fingerprint density at radius 2 is 2.21 bits per heavy atom. The Morgan fingerprint density at radius 1 is 1.53 bits per heavy atom. The Kier molecular flexibility index (Phi) is 3.32. The number of allylic oxidation sites excluding steroid dienone is 1. The third-order valence-corrected chi connectivity index (χ3v) is 3.48. The van der Waals surface area contributed by atoms with E-state index in [0.717, 1.165) is 12.8 Å². The molecule has 3 atom stereocenters. The second-order valence-electron chi connectivity index (χ2n) is 6.32. The first kappa shape index (κ1) is 13.9. The summed E-state index contributed by atoms with van der Waals surface area (Å²) in [5.41, 5.74) is -1.18. The molecule has 1 N–H and O–H groups in total. The van der Waals surface area contributed by atoms with Gasteiger partial charge in [-0.15, -0.1) is 0 Å². The van der Waals surface area contributed by atoms with Crippen molar-refractivity contribution >= 4 is 12.1 Å². The number of alkyl carbamates (subject to hydrolysis) is 1. The van der Waals surface area contributed by atoms with Gasteiger partial charge in [-0.2, -0.15) is 0 Å². The molecule has 3 unspecified atom stereocenters. The van der Waals surface area contributed by atoms with Crippen molar-refractivity contribution in [3.63, 3.8) is 0 Å². The number of ether oxygens (including phenoxy) is 2. The van der Waals surface area contributed by atoms with Gasteiger partial charge < -0.3 is 14.8 Å². The molecule has 1 amide bonds. The van der Waals surface area contributed by atoms with E-state index in [1.54, 1.807) is 20.8 Å². The fourth-order valence-corrected chi connectivity index (χ4v) is 2.65. The highest BCUT2D eigenvalue weighted by Gasteiger charge is 2.52. The lowest BCUT2D eigenvalue weighted by atomic mass is 9.79. The standard InChI is InChI=1S/C14H21NO4/c1-13(2,3)19-12(17)15-10-9-7-5-6-8-14(9,4)18-11(10)16/h6,8-10H,5,7H2,1-4H3,(H,15,17). The van der Waals surface area contributed by atoms with Crippen LogP contribution in [0, 0.1) is 5.92 Å². The summed E-state index contributed by atoms with van der Waals surface area (Å²) in [5, 5.41) is 2.64. The molecule has 19 heavy (non-hydrogen) atoms. The van der Waals surface area contributed by atoms with Crippen LogP contribution in [0.15, 0.2) is 12.2 Å². The number of hydrogen-bond acceptors (Lipinski definition) is 4. The summed E-state index contributed by atoms with van der Waals surface area (Å²) in [6.45, 7) is 7.23. The van der Waals surface area contributed by atoms with Crippen molar-refractivity contribution in [2.24, 2.45) is 5.92 Å². The van der Waals surface area contributed by atoms with Crippen molar-refractivity contribution in [1.29, 1.82) is 0 Å². The quantitative estimate of drug-likeness (QED) is 0.584.